The molecule has 1 aliphatic carbocycles. The molecule has 2 unspecified atom stereocenters. The van der Waals surface area contributed by atoms with E-state index in [1.54, 1.807) is 0 Å². The number of hydrogen-bond acceptors (Lipinski definition) is 2. The summed E-state index contributed by atoms with van der Waals surface area (Å²) in [6, 6.07) is 0. The quantitative estimate of drug-likeness (QED) is 0.555. The molecule has 78 valence electrons. The number of hydrogen-bond donors (Lipinski definition) is 1. The molecule has 1 rings (SSSR count). The third-order valence-corrected chi connectivity index (χ3v) is 3.25. The molecule has 0 radical (unpaired) electrons. The molecule has 0 aromatic heterocycles. The minimum absolute atomic E-state index is 0.0565. The first kappa shape index (κ1) is 11.0. The van der Waals surface area contributed by atoms with Crippen LogP contribution in [0.4, 0.5) is 0 Å². The van der Waals surface area contributed by atoms with Crippen LogP contribution in [0, 0.1) is 11.3 Å². The van der Waals surface area contributed by atoms with Gasteiger partial charge in [0.1, 0.15) is 6.29 Å². The summed E-state index contributed by atoms with van der Waals surface area (Å²) in [6.45, 7) is 3.88. The van der Waals surface area contributed by atoms with Crippen molar-refractivity contribution in [2.75, 3.05) is 0 Å². The molecule has 0 fully saturated rings. The van der Waals surface area contributed by atoms with Crippen LogP contribution in [0.15, 0.2) is 11.6 Å². The summed E-state index contributed by atoms with van der Waals surface area (Å²) >= 11 is 0. The lowest BCUT2D eigenvalue weighted by Gasteiger charge is -2.36. The Hall–Kier alpha value is -1.12. The van der Waals surface area contributed by atoms with Gasteiger partial charge in [-0.1, -0.05) is 18.6 Å². The van der Waals surface area contributed by atoms with E-state index >= 15 is 0 Å². The van der Waals surface area contributed by atoms with Crippen molar-refractivity contribution in [3.63, 3.8) is 0 Å². The molecule has 14 heavy (non-hydrogen) atoms. The Kier molecular flexibility index (Phi) is 3.09. The second kappa shape index (κ2) is 3.95. The van der Waals surface area contributed by atoms with Crippen LogP contribution < -0.4 is 0 Å². The maximum atomic E-state index is 11.2. The van der Waals surface area contributed by atoms with Gasteiger partial charge in [-0.2, -0.15) is 0 Å². The Bertz CT molecular complexity index is 280. The molecule has 3 nitrogen and oxygen atoms in total. The van der Waals surface area contributed by atoms with E-state index in [0.717, 1.165) is 12.7 Å². The van der Waals surface area contributed by atoms with Crippen molar-refractivity contribution in [3.8, 4) is 0 Å². The van der Waals surface area contributed by atoms with Gasteiger partial charge < -0.3 is 9.90 Å². The average Bonchev–Trinajstić information content (AvgIpc) is 2.10. The molecule has 1 aliphatic rings. The number of rotatable bonds is 3. The van der Waals surface area contributed by atoms with Gasteiger partial charge in [0.15, 0.2) is 0 Å². The van der Waals surface area contributed by atoms with E-state index < -0.39 is 11.4 Å². The Balaban J connectivity index is 3.00. The molecule has 0 aliphatic heterocycles. The van der Waals surface area contributed by atoms with Gasteiger partial charge in [-0.3, -0.25) is 4.79 Å². The van der Waals surface area contributed by atoms with Crippen LogP contribution in [0.1, 0.15) is 33.1 Å². The molecule has 3 heteroatoms. The summed E-state index contributed by atoms with van der Waals surface area (Å²) in [5, 5.41) is 9.19. The zero-order valence-corrected chi connectivity index (χ0v) is 8.62. The summed E-state index contributed by atoms with van der Waals surface area (Å²) in [7, 11) is 0. The normalized spacial score (nSPS) is 32.1. The van der Waals surface area contributed by atoms with Gasteiger partial charge in [0.2, 0.25) is 0 Å². The molecule has 0 saturated carbocycles. The molecule has 1 N–H and O–H groups in total. The number of aldehydes is 1. The van der Waals surface area contributed by atoms with Crippen LogP contribution in [0.3, 0.4) is 0 Å². The minimum atomic E-state index is -0.860. The van der Waals surface area contributed by atoms with Crippen LogP contribution in [0.25, 0.3) is 0 Å². The maximum Gasteiger partial charge on any atom is 0.310 e. The number of carbonyl (C=O) groups excluding carboxylic acids is 1. The second-order valence-electron chi connectivity index (χ2n) is 4.13. The summed E-state index contributed by atoms with van der Waals surface area (Å²) < 4.78 is 0. The summed E-state index contributed by atoms with van der Waals surface area (Å²) in [4.78, 5) is 21.7. The molecule has 0 aromatic rings. The first-order chi connectivity index (χ1) is 6.53. The topological polar surface area (TPSA) is 54.4 Å². The van der Waals surface area contributed by atoms with E-state index in [1.165, 1.54) is 5.57 Å². The highest BCUT2D eigenvalue weighted by Crippen LogP contribution is 2.42. The van der Waals surface area contributed by atoms with Gasteiger partial charge in [0.05, 0.1) is 5.41 Å². The zero-order chi connectivity index (χ0) is 10.8. The lowest BCUT2D eigenvalue weighted by molar-refractivity contribution is -0.153. The van der Waals surface area contributed by atoms with E-state index in [4.69, 9.17) is 0 Å². The van der Waals surface area contributed by atoms with Crippen molar-refractivity contribution >= 4 is 12.3 Å². The van der Waals surface area contributed by atoms with Crippen LogP contribution >= 0.6 is 0 Å². The Morgan fingerprint density at radius 3 is 2.86 bits per heavy atom. The van der Waals surface area contributed by atoms with Gasteiger partial charge in [-0.15, -0.1) is 0 Å². The van der Waals surface area contributed by atoms with Gasteiger partial charge >= 0.3 is 5.97 Å². The van der Waals surface area contributed by atoms with E-state index in [-0.39, 0.29) is 12.3 Å². The molecule has 0 bridgehead atoms. The summed E-state index contributed by atoms with van der Waals surface area (Å²) in [5.41, 5.74) is 0.363. The third-order valence-electron chi connectivity index (χ3n) is 3.25. The number of carboxylic acid groups (broad SMARTS) is 1. The van der Waals surface area contributed by atoms with E-state index in [0.29, 0.717) is 6.42 Å². The zero-order valence-electron chi connectivity index (χ0n) is 8.62. The summed E-state index contributed by atoms with van der Waals surface area (Å²) in [5.74, 6) is -0.903. The monoisotopic (exact) mass is 196 g/mol. The van der Waals surface area contributed by atoms with Crippen molar-refractivity contribution < 1.29 is 14.7 Å². The van der Waals surface area contributed by atoms with Gasteiger partial charge in [-0.25, -0.2) is 0 Å². The Morgan fingerprint density at radius 1 is 1.79 bits per heavy atom. The van der Waals surface area contributed by atoms with Crippen molar-refractivity contribution in [1.29, 1.82) is 0 Å². The fourth-order valence-electron chi connectivity index (χ4n) is 2.14. The molecule has 0 spiro atoms. The van der Waals surface area contributed by atoms with Crippen LogP contribution in [0.2, 0.25) is 0 Å². The number of aliphatic carboxylic acids is 1. The minimum Gasteiger partial charge on any atom is -0.481 e. The van der Waals surface area contributed by atoms with Crippen molar-refractivity contribution in [2.24, 2.45) is 11.3 Å². The predicted octanol–water partition coefficient (Wildman–Crippen LogP) is 2.02. The first-order valence-corrected chi connectivity index (χ1v) is 4.87. The van der Waals surface area contributed by atoms with Gasteiger partial charge in [0.25, 0.3) is 0 Å². The standard InChI is InChI=1S/C11H16O3/c1-8-3-4-11(5-6-12,10(13)14)9(2)7-8/h6-7,9H,3-5H2,1-2H3,(H,13,14). The molecule has 0 saturated heterocycles. The third kappa shape index (κ3) is 1.72. The van der Waals surface area contributed by atoms with Crippen molar-refractivity contribution in [3.05, 3.63) is 11.6 Å². The van der Waals surface area contributed by atoms with Gasteiger partial charge in [0, 0.05) is 6.42 Å². The molecule has 2 atom stereocenters. The molecule has 0 heterocycles. The summed E-state index contributed by atoms with van der Waals surface area (Å²) in [6.07, 6.45) is 4.17. The lowest BCUT2D eigenvalue weighted by Crippen LogP contribution is -2.39. The fraction of sp³-hybridized carbons (Fsp3) is 0.636. The SMILES string of the molecule is CC1=CC(C)C(CC=O)(C(=O)O)CC1. The second-order valence-corrected chi connectivity index (χ2v) is 4.13. The van der Waals surface area contributed by atoms with E-state index in [1.807, 2.05) is 19.9 Å². The highest BCUT2D eigenvalue weighted by atomic mass is 16.4. The largest absolute Gasteiger partial charge is 0.481 e. The Labute approximate surface area is 83.8 Å². The van der Waals surface area contributed by atoms with Crippen LogP contribution in [-0.4, -0.2) is 17.4 Å². The van der Waals surface area contributed by atoms with E-state index in [2.05, 4.69) is 0 Å². The highest BCUT2D eigenvalue weighted by molar-refractivity contribution is 5.79. The predicted molar refractivity (Wildman–Crippen MR) is 52.9 cm³/mol. The smallest absolute Gasteiger partial charge is 0.310 e. The van der Waals surface area contributed by atoms with Crippen molar-refractivity contribution in [1.82, 2.24) is 0 Å². The number of allylic oxidation sites excluding steroid dienone is 2. The number of carboxylic acids is 1. The molecular weight excluding hydrogens is 180 g/mol. The van der Waals surface area contributed by atoms with Crippen molar-refractivity contribution in [2.45, 2.75) is 33.1 Å². The average molecular weight is 196 g/mol. The van der Waals surface area contributed by atoms with Gasteiger partial charge in [-0.05, 0) is 25.7 Å². The highest BCUT2D eigenvalue weighted by Gasteiger charge is 2.43. The lowest BCUT2D eigenvalue weighted by atomic mass is 9.67. The number of carbonyl (C=O) groups is 2. The molecule has 0 amide bonds. The first-order valence-electron chi connectivity index (χ1n) is 4.87. The van der Waals surface area contributed by atoms with Crippen LogP contribution in [-0.2, 0) is 9.59 Å². The van der Waals surface area contributed by atoms with E-state index in [9.17, 15) is 14.7 Å². The fourth-order valence-corrected chi connectivity index (χ4v) is 2.14. The Morgan fingerprint density at radius 2 is 2.43 bits per heavy atom. The molecule has 0 aromatic carbocycles. The molecular formula is C11H16O3. The van der Waals surface area contributed by atoms with Crippen LogP contribution in [0.5, 0.6) is 0 Å². The maximum absolute atomic E-state index is 11.2.